The van der Waals surface area contributed by atoms with Crippen LogP contribution in [0.1, 0.15) is 0 Å². The normalized spacial score (nSPS) is 11.2. The Morgan fingerprint density at radius 1 is 0.318 bits per heavy atom. The molecule has 2 aromatic heterocycles. The molecule has 0 aliphatic carbocycles. The van der Waals surface area contributed by atoms with Crippen molar-refractivity contribution >= 4 is 21.7 Å². The lowest BCUT2D eigenvalue weighted by Crippen LogP contribution is -2.00. The summed E-state index contributed by atoms with van der Waals surface area (Å²) >= 11 is 0. The van der Waals surface area contributed by atoms with E-state index in [1.165, 1.54) is 16.5 Å². The number of hydrogen-bond donors (Lipinski definition) is 0. The van der Waals surface area contributed by atoms with E-state index in [9.17, 15) is 0 Å². The van der Waals surface area contributed by atoms with E-state index < -0.39 is 0 Å². The average molecular weight is 563 g/mol. The Morgan fingerprint density at radius 2 is 0.750 bits per heavy atom. The Kier molecular flexibility index (Phi) is 6.43. The van der Waals surface area contributed by atoms with Crippen LogP contribution in [-0.4, -0.2) is 19.9 Å². The van der Waals surface area contributed by atoms with Crippen LogP contribution in [0.25, 0.3) is 78.1 Å². The Labute approximate surface area is 255 Å². The van der Waals surface area contributed by atoms with Crippen molar-refractivity contribution in [2.45, 2.75) is 0 Å². The van der Waals surface area contributed by atoms with Crippen molar-refractivity contribution in [3.8, 4) is 56.4 Å². The van der Waals surface area contributed by atoms with Crippen LogP contribution in [0.4, 0.5) is 0 Å². The maximum atomic E-state index is 4.99. The molecule has 0 amide bonds. The zero-order chi connectivity index (χ0) is 29.3. The Balaban J connectivity index is 1.24. The van der Waals surface area contributed by atoms with Crippen LogP contribution in [0.3, 0.4) is 0 Å². The maximum Gasteiger partial charge on any atom is 0.164 e. The van der Waals surface area contributed by atoms with Crippen LogP contribution < -0.4 is 0 Å². The number of aromatic nitrogens is 4. The van der Waals surface area contributed by atoms with Gasteiger partial charge in [0.1, 0.15) is 0 Å². The minimum atomic E-state index is 0.612. The Morgan fingerprint density at radius 3 is 1.32 bits per heavy atom. The molecular weight excluding hydrogens is 536 g/mol. The van der Waals surface area contributed by atoms with Gasteiger partial charge in [-0.25, -0.2) is 15.0 Å². The lowest BCUT2D eigenvalue weighted by molar-refractivity contribution is 1.07. The van der Waals surface area contributed by atoms with Crippen molar-refractivity contribution in [1.29, 1.82) is 0 Å². The molecule has 0 radical (unpaired) electrons. The van der Waals surface area contributed by atoms with Crippen molar-refractivity contribution < 1.29 is 0 Å². The quantitative estimate of drug-likeness (QED) is 0.196. The lowest BCUT2D eigenvalue weighted by atomic mass is 10.0. The summed E-state index contributed by atoms with van der Waals surface area (Å²) in [4.78, 5) is 19.7. The fourth-order valence-corrected chi connectivity index (χ4v) is 5.65. The number of nitrogens with zero attached hydrogens (tertiary/aromatic N) is 4. The molecule has 44 heavy (non-hydrogen) atoms. The molecule has 0 saturated carbocycles. The SMILES string of the molecule is c1ccc(-c2ccc(-c3nc(-c4ccc(-c5ccccc5)cc4)nc(-c4ccc5c(c4)ncc4ccccc45)n3)cc2)cc1. The third-order valence-electron chi connectivity index (χ3n) is 7.99. The predicted molar refractivity (Wildman–Crippen MR) is 180 cm³/mol. The van der Waals surface area contributed by atoms with Gasteiger partial charge < -0.3 is 0 Å². The van der Waals surface area contributed by atoms with Crippen LogP contribution in [0.15, 0.2) is 158 Å². The highest BCUT2D eigenvalue weighted by molar-refractivity contribution is 6.06. The summed E-state index contributed by atoms with van der Waals surface area (Å²) in [7, 11) is 0. The monoisotopic (exact) mass is 562 g/mol. The molecule has 0 aliphatic rings. The van der Waals surface area contributed by atoms with E-state index in [1.54, 1.807) is 0 Å². The third-order valence-corrected chi connectivity index (χ3v) is 7.99. The van der Waals surface area contributed by atoms with Gasteiger partial charge in [0.15, 0.2) is 17.5 Å². The van der Waals surface area contributed by atoms with E-state index in [2.05, 4.69) is 133 Å². The zero-order valence-corrected chi connectivity index (χ0v) is 23.8. The van der Waals surface area contributed by atoms with E-state index in [-0.39, 0.29) is 0 Å². The summed E-state index contributed by atoms with van der Waals surface area (Å²) in [6.07, 6.45) is 1.92. The molecule has 8 aromatic rings. The van der Waals surface area contributed by atoms with Gasteiger partial charge in [-0.1, -0.05) is 146 Å². The molecular formula is C40H26N4. The molecule has 4 nitrogen and oxygen atoms in total. The first-order valence-corrected chi connectivity index (χ1v) is 14.6. The highest BCUT2D eigenvalue weighted by Crippen LogP contribution is 2.31. The minimum Gasteiger partial charge on any atom is -0.256 e. The van der Waals surface area contributed by atoms with Gasteiger partial charge in [-0.3, -0.25) is 4.98 Å². The molecule has 0 unspecified atom stereocenters. The minimum absolute atomic E-state index is 0.612. The van der Waals surface area contributed by atoms with Gasteiger partial charge in [0.2, 0.25) is 0 Å². The second-order valence-corrected chi connectivity index (χ2v) is 10.8. The highest BCUT2D eigenvalue weighted by atomic mass is 15.0. The average Bonchev–Trinajstić information content (AvgIpc) is 3.12. The van der Waals surface area contributed by atoms with Crippen LogP contribution in [0.5, 0.6) is 0 Å². The van der Waals surface area contributed by atoms with Gasteiger partial charge in [-0.05, 0) is 33.7 Å². The molecule has 6 aromatic carbocycles. The summed E-state index contributed by atoms with van der Waals surface area (Å²) in [5.41, 5.74) is 8.30. The van der Waals surface area contributed by atoms with Crippen molar-refractivity contribution in [3.05, 3.63) is 158 Å². The second-order valence-electron chi connectivity index (χ2n) is 10.8. The highest BCUT2D eigenvalue weighted by Gasteiger charge is 2.14. The third kappa shape index (κ3) is 4.89. The zero-order valence-electron chi connectivity index (χ0n) is 23.8. The summed E-state index contributed by atoms with van der Waals surface area (Å²) in [6, 6.07) is 52.1. The summed E-state index contributed by atoms with van der Waals surface area (Å²) < 4.78 is 0. The number of benzene rings is 6. The van der Waals surface area contributed by atoms with E-state index >= 15 is 0 Å². The van der Waals surface area contributed by atoms with Crippen molar-refractivity contribution in [2.75, 3.05) is 0 Å². The van der Waals surface area contributed by atoms with Crippen molar-refractivity contribution in [1.82, 2.24) is 19.9 Å². The molecule has 0 fully saturated rings. The summed E-state index contributed by atoms with van der Waals surface area (Å²) in [6.45, 7) is 0. The lowest BCUT2D eigenvalue weighted by Gasteiger charge is -2.10. The number of hydrogen-bond acceptors (Lipinski definition) is 4. The molecule has 2 heterocycles. The fraction of sp³-hybridized carbons (Fsp3) is 0. The smallest absolute Gasteiger partial charge is 0.164 e. The van der Waals surface area contributed by atoms with Crippen molar-refractivity contribution in [2.24, 2.45) is 0 Å². The molecule has 0 aliphatic heterocycles. The summed E-state index contributed by atoms with van der Waals surface area (Å²) in [5, 5.41) is 3.41. The number of pyridine rings is 1. The van der Waals surface area contributed by atoms with Crippen LogP contribution >= 0.6 is 0 Å². The van der Waals surface area contributed by atoms with Crippen LogP contribution in [-0.2, 0) is 0 Å². The Bertz CT molecular complexity index is 2140. The summed E-state index contributed by atoms with van der Waals surface area (Å²) in [5.74, 6) is 1.87. The predicted octanol–water partition coefficient (Wildman–Crippen LogP) is 9.91. The van der Waals surface area contributed by atoms with Gasteiger partial charge in [-0.2, -0.15) is 0 Å². The van der Waals surface area contributed by atoms with Gasteiger partial charge in [-0.15, -0.1) is 0 Å². The maximum absolute atomic E-state index is 4.99. The number of rotatable bonds is 5. The van der Waals surface area contributed by atoms with E-state index in [1.807, 2.05) is 24.4 Å². The molecule has 8 rings (SSSR count). The first kappa shape index (κ1) is 25.7. The van der Waals surface area contributed by atoms with E-state index in [0.717, 1.165) is 44.1 Å². The number of fused-ring (bicyclic) bond motifs is 3. The molecule has 0 N–H and O–H groups in total. The van der Waals surface area contributed by atoms with Crippen molar-refractivity contribution in [3.63, 3.8) is 0 Å². The van der Waals surface area contributed by atoms with Gasteiger partial charge in [0.25, 0.3) is 0 Å². The molecule has 206 valence electrons. The molecule has 0 saturated heterocycles. The largest absolute Gasteiger partial charge is 0.256 e. The van der Waals surface area contributed by atoms with Gasteiger partial charge in [0.05, 0.1) is 5.52 Å². The molecule has 4 heteroatoms. The van der Waals surface area contributed by atoms with Crippen LogP contribution in [0, 0.1) is 0 Å². The standard InChI is InChI=1S/C40H26N4/c1-3-9-27(10-4-1)29-15-19-31(20-16-29)38-42-39(32-21-17-30(18-22-32)28-11-5-2-6-12-28)44-40(43-38)33-23-24-36-35-14-8-7-13-34(35)26-41-37(36)25-33/h1-26H. The fourth-order valence-electron chi connectivity index (χ4n) is 5.65. The van der Waals surface area contributed by atoms with E-state index in [4.69, 9.17) is 19.9 Å². The van der Waals surface area contributed by atoms with E-state index in [0.29, 0.717) is 17.5 Å². The molecule has 0 spiro atoms. The molecule has 0 atom stereocenters. The first-order chi connectivity index (χ1) is 21.8. The van der Waals surface area contributed by atoms with Crippen LogP contribution in [0.2, 0.25) is 0 Å². The topological polar surface area (TPSA) is 51.6 Å². The van der Waals surface area contributed by atoms with Gasteiger partial charge in [0, 0.05) is 33.7 Å². The Hall–Kier alpha value is -6.00. The van der Waals surface area contributed by atoms with Gasteiger partial charge >= 0.3 is 0 Å². The molecule has 0 bridgehead atoms. The first-order valence-electron chi connectivity index (χ1n) is 14.6. The second kappa shape index (κ2) is 11.0.